The lowest BCUT2D eigenvalue weighted by Crippen LogP contribution is -2.35. The minimum atomic E-state index is -0.246. The Labute approximate surface area is 152 Å². The van der Waals surface area contributed by atoms with E-state index in [0.717, 1.165) is 18.4 Å². The van der Waals surface area contributed by atoms with Crippen LogP contribution in [0.15, 0.2) is 59.4 Å². The van der Waals surface area contributed by atoms with Crippen LogP contribution in [0.2, 0.25) is 0 Å². The summed E-state index contributed by atoms with van der Waals surface area (Å²) in [6, 6.07) is 16.8. The summed E-state index contributed by atoms with van der Waals surface area (Å²) in [6.07, 6.45) is 1.89. The van der Waals surface area contributed by atoms with Gasteiger partial charge in [0.05, 0.1) is 11.9 Å². The van der Waals surface area contributed by atoms with Crippen LogP contribution in [0.5, 0.6) is 0 Å². The fourth-order valence-corrected chi connectivity index (χ4v) is 3.06. The summed E-state index contributed by atoms with van der Waals surface area (Å²) in [5.74, 6) is -0.246. The third-order valence-electron chi connectivity index (χ3n) is 4.36. The Hall–Kier alpha value is -2.95. The van der Waals surface area contributed by atoms with Gasteiger partial charge in [0, 0.05) is 11.4 Å². The summed E-state index contributed by atoms with van der Waals surface area (Å²) < 4.78 is 1.37. The van der Waals surface area contributed by atoms with E-state index in [0.29, 0.717) is 23.0 Å². The van der Waals surface area contributed by atoms with Crippen LogP contribution >= 0.6 is 0 Å². The van der Waals surface area contributed by atoms with E-state index in [9.17, 15) is 9.59 Å². The van der Waals surface area contributed by atoms with E-state index < -0.39 is 0 Å². The maximum atomic E-state index is 12.8. The first-order valence-corrected chi connectivity index (χ1v) is 8.94. The van der Waals surface area contributed by atoms with Crippen LogP contribution in [0.25, 0.3) is 10.8 Å². The summed E-state index contributed by atoms with van der Waals surface area (Å²) in [6.45, 7) is 4.38. The van der Waals surface area contributed by atoms with Crippen LogP contribution in [0.1, 0.15) is 42.7 Å². The van der Waals surface area contributed by atoms with Gasteiger partial charge in [-0.25, -0.2) is 4.68 Å². The molecule has 0 fully saturated rings. The Balaban J connectivity index is 2.05. The Morgan fingerprint density at radius 1 is 1.08 bits per heavy atom. The number of nitrogens with one attached hydrogen (secondary N) is 1. The molecular weight excluding hydrogens is 326 g/mol. The number of carbonyl (C=O) groups excluding carboxylic acids is 1. The fraction of sp³-hybridized carbons (Fsp3) is 0.286. The Morgan fingerprint density at radius 2 is 1.73 bits per heavy atom. The van der Waals surface area contributed by atoms with Crippen molar-refractivity contribution >= 4 is 16.7 Å². The first-order valence-electron chi connectivity index (χ1n) is 8.94. The Bertz CT molecular complexity index is 964. The van der Waals surface area contributed by atoms with Gasteiger partial charge in [-0.3, -0.25) is 9.59 Å². The molecule has 26 heavy (non-hydrogen) atoms. The van der Waals surface area contributed by atoms with Crippen molar-refractivity contribution in [2.24, 2.45) is 0 Å². The molecule has 1 aromatic heterocycles. The molecule has 0 aliphatic rings. The number of fused-ring (bicyclic) bond motifs is 1. The number of aromatic nitrogens is 2. The van der Waals surface area contributed by atoms with Crippen LogP contribution in [0.3, 0.4) is 0 Å². The summed E-state index contributed by atoms with van der Waals surface area (Å²) in [4.78, 5) is 25.6. The molecule has 0 bridgehead atoms. The van der Waals surface area contributed by atoms with E-state index in [1.165, 1.54) is 4.68 Å². The zero-order valence-corrected chi connectivity index (χ0v) is 15.1. The average molecular weight is 349 g/mol. The molecule has 1 heterocycles. The molecule has 0 saturated heterocycles. The van der Waals surface area contributed by atoms with E-state index in [2.05, 4.69) is 17.3 Å². The zero-order chi connectivity index (χ0) is 18.5. The molecule has 0 spiro atoms. The van der Waals surface area contributed by atoms with Crippen LogP contribution in [-0.2, 0) is 6.54 Å². The number of hydrogen-bond donors (Lipinski definition) is 1. The predicted octanol–water partition coefficient (Wildman–Crippen LogP) is 3.36. The van der Waals surface area contributed by atoms with Gasteiger partial charge in [-0.05, 0) is 25.0 Å². The number of carbonyl (C=O) groups is 1. The molecule has 1 atom stereocenters. The first kappa shape index (κ1) is 17.9. The van der Waals surface area contributed by atoms with Gasteiger partial charge < -0.3 is 5.32 Å². The normalized spacial score (nSPS) is 12.1. The second kappa shape index (κ2) is 7.95. The number of hydrogen-bond acceptors (Lipinski definition) is 3. The smallest absolute Gasteiger partial charge is 0.274 e. The standard InChI is InChI=1S/C21H23N3O2/c1-3-9-15(2)22-20(25)19-17-12-7-8-13-18(17)21(26)24(23-19)14-16-10-5-4-6-11-16/h4-8,10-13,15H,3,9,14H2,1-2H3,(H,22,25)/t15-/m1/s1. The summed E-state index contributed by atoms with van der Waals surface area (Å²) in [5, 5.41) is 8.48. The highest BCUT2D eigenvalue weighted by molar-refractivity contribution is 6.04. The summed E-state index contributed by atoms with van der Waals surface area (Å²) >= 11 is 0. The Morgan fingerprint density at radius 3 is 2.42 bits per heavy atom. The van der Waals surface area contributed by atoms with Crippen molar-refractivity contribution in [1.82, 2.24) is 15.1 Å². The van der Waals surface area contributed by atoms with Crippen LogP contribution in [-0.4, -0.2) is 21.7 Å². The highest BCUT2D eigenvalue weighted by Gasteiger charge is 2.18. The van der Waals surface area contributed by atoms with E-state index in [4.69, 9.17) is 0 Å². The molecule has 5 heteroatoms. The van der Waals surface area contributed by atoms with Crippen LogP contribution < -0.4 is 10.9 Å². The molecule has 0 aliphatic heterocycles. The van der Waals surface area contributed by atoms with Crippen molar-refractivity contribution in [2.75, 3.05) is 0 Å². The molecule has 0 unspecified atom stereocenters. The van der Waals surface area contributed by atoms with Crippen LogP contribution in [0.4, 0.5) is 0 Å². The minimum Gasteiger partial charge on any atom is -0.348 e. The highest BCUT2D eigenvalue weighted by Crippen LogP contribution is 2.14. The van der Waals surface area contributed by atoms with Crippen molar-refractivity contribution in [3.63, 3.8) is 0 Å². The number of nitrogens with zero attached hydrogens (tertiary/aromatic N) is 2. The SMILES string of the molecule is CCC[C@@H](C)NC(=O)c1nn(Cc2ccccc2)c(=O)c2ccccc12. The van der Waals surface area contributed by atoms with E-state index in [1.807, 2.05) is 43.3 Å². The molecule has 134 valence electrons. The van der Waals surface area contributed by atoms with Gasteiger partial charge in [0.15, 0.2) is 5.69 Å². The van der Waals surface area contributed by atoms with Gasteiger partial charge in [0.25, 0.3) is 11.5 Å². The van der Waals surface area contributed by atoms with Crippen molar-refractivity contribution in [3.8, 4) is 0 Å². The van der Waals surface area contributed by atoms with Crippen molar-refractivity contribution < 1.29 is 4.79 Å². The Kier molecular flexibility index (Phi) is 5.46. The fourth-order valence-electron chi connectivity index (χ4n) is 3.06. The van der Waals surface area contributed by atoms with Gasteiger partial charge >= 0.3 is 0 Å². The number of rotatable bonds is 6. The van der Waals surface area contributed by atoms with Gasteiger partial charge in [-0.1, -0.05) is 61.9 Å². The summed E-state index contributed by atoms with van der Waals surface area (Å²) in [5.41, 5.74) is 1.06. The third kappa shape index (κ3) is 3.82. The quantitative estimate of drug-likeness (QED) is 0.742. The molecule has 1 amide bonds. The lowest BCUT2D eigenvalue weighted by atomic mass is 10.1. The first-order chi connectivity index (χ1) is 12.6. The van der Waals surface area contributed by atoms with Crippen molar-refractivity contribution in [2.45, 2.75) is 39.3 Å². The average Bonchev–Trinajstić information content (AvgIpc) is 2.65. The molecule has 0 radical (unpaired) electrons. The molecule has 1 N–H and O–H groups in total. The van der Waals surface area contributed by atoms with E-state index in [-0.39, 0.29) is 17.5 Å². The zero-order valence-electron chi connectivity index (χ0n) is 15.1. The number of benzene rings is 2. The van der Waals surface area contributed by atoms with Crippen molar-refractivity contribution in [1.29, 1.82) is 0 Å². The van der Waals surface area contributed by atoms with Crippen LogP contribution in [0, 0.1) is 0 Å². The van der Waals surface area contributed by atoms with E-state index >= 15 is 0 Å². The lowest BCUT2D eigenvalue weighted by molar-refractivity contribution is 0.0933. The van der Waals surface area contributed by atoms with Gasteiger partial charge in [0.1, 0.15) is 0 Å². The molecule has 3 rings (SSSR count). The van der Waals surface area contributed by atoms with Crippen molar-refractivity contribution in [3.05, 3.63) is 76.2 Å². The molecule has 3 aromatic rings. The molecule has 0 aliphatic carbocycles. The van der Waals surface area contributed by atoms with Gasteiger partial charge in [-0.2, -0.15) is 5.10 Å². The maximum absolute atomic E-state index is 12.8. The van der Waals surface area contributed by atoms with Gasteiger partial charge in [0.2, 0.25) is 0 Å². The highest BCUT2D eigenvalue weighted by atomic mass is 16.2. The molecule has 5 nitrogen and oxygen atoms in total. The monoisotopic (exact) mass is 349 g/mol. The third-order valence-corrected chi connectivity index (χ3v) is 4.36. The second-order valence-corrected chi connectivity index (χ2v) is 6.51. The molecule has 2 aromatic carbocycles. The minimum absolute atomic E-state index is 0.0579. The molecular formula is C21H23N3O2. The second-order valence-electron chi connectivity index (χ2n) is 6.51. The predicted molar refractivity (Wildman–Crippen MR) is 103 cm³/mol. The maximum Gasteiger partial charge on any atom is 0.274 e. The summed E-state index contributed by atoms with van der Waals surface area (Å²) in [7, 11) is 0. The largest absolute Gasteiger partial charge is 0.348 e. The molecule has 0 saturated carbocycles. The van der Waals surface area contributed by atoms with E-state index in [1.54, 1.807) is 18.2 Å². The topological polar surface area (TPSA) is 64.0 Å². The number of amides is 1. The lowest BCUT2D eigenvalue weighted by Gasteiger charge is -2.15. The van der Waals surface area contributed by atoms with Gasteiger partial charge in [-0.15, -0.1) is 0 Å².